The third-order valence-electron chi connectivity index (χ3n) is 5.98. The maximum Gasteiger partial charge on any atom is 0.417 e. The number of nitriles is 1. The number of urea groups is 1. The van der Waals surface area contributed by atoms with Gasteiger partial charge in [-0.25, -0.2) is 22.7 Å². The molecular formula is C21H18F4N4O3S. The van der Waals surface area contributed by atoms with Crippen LogP contribution in [0.3, 0.4) is 0 Å². The molecule has 2 aliphatic rings. The molecule has 4 rings (SSSR count). The van der Waals surface area contributed by atoms with Gasteiger partial charge in [0.25, 0.3) is 0 Å². The Morgan fingerprint density at radius 2 is 1.55 bits per heavy atom. The number of rotatable bonds is 3. The highest BCUT2D eigenvalue weighted by atomic mass is 32.2. The standard InChI is InChI=1S/C21H18F4N4O3S/c22-16-10-14(7-8-19(16)33(27,31)32)29-18-4-2-1-3-17(18)28(20(29)30)13-6-5-12(11-26)15(9-13)21(23,24)25/h5-10,17-18H,1-4H2,(H2,27,31,32)/t17-,18-/m0/s1. The fourth-order valence-electron chi connectivity index (χ4n) is 4.58. The zero-order valence-corrected chi connectivity index (χ0v) is 17.8. The number of hydrogen-bond donors (Lipinski definition) is 1. The van der Waals surface area contributed by atoms with Gasteiger partial charge in [0.05, 0.1) is 29.3 Å². The van der Waals surface area contributed by atoms with Crippen molar-refractivity contribution >= 4 is 27.4 Å². The van der Waals surface area contributed by atoms with Crippen LogP contribution in [0.4, 0.5) is 33.7 Å². The van der Waals surface area contributed by atoms with E-state index >= 15 is 0 Å². The van der Waals surface area contributed by atoms with Crippen LogP contribution < -0.4 is 14.9 Å². The second-order valence-electron chi connectivity index (χ2n) is 7.94. The van der Waals surface area contributed by atoms with E-state index in [0.29, 0.717) is 12.8 Å². The average molecular weight is 482 g/mol. The lowest BCUT2D eigenvalue weighted by Gasteiger charge is -2.32. The number of alkyl halides is 3. The maximum atomic E-state index is 14.5. The first kappa shape index (κ1) is 23.0. The van der Waals surface area contributed by atoms with E-state index in [-0.39, 0.29) is 11.4 Å². The Hall–Kier alpha value is -3.17. The molecule has 1 heterocycles. The van der Waals surface area contributed by atoms with E-state index in [4.69, 9.17) is 10.4 Å². The van der Waals surface area contributed by atoms with Gasteiger partial charge in [-0.1, -0.05) is 12.8 Å². The Labute approximate surface area is 187 Å². The van der Waals surface area contributed by atoms with Crippen molar-refractivity contribution in [2.75, 3.05) is 9.80 Å². The molecule has 2 aromatic carbocycles. The SMILES string of the molecule is N#Cc1ccc(N2C(=O)N(c3ccc(S(N)(=O)=O)c(F)c3)[C@H]3CCCC[C@@H]32)cc1C(F)(F)F. The Bertz CT molecular complexity index is 1270. The van der Waals surface area contributed by atoms with Crippen LogP contribution in [-0.4, -0.2) is 26.5 Å². The van der Waals surface area contributed by atoms with Crippen molar-refractivity contribution < 1.29 is 30.8 Å². The molecule has 174 valence electrons. The lowest BCUT2D eigenvalue weighted by atomic mass is 9.89. The Kier molecular flexibility index (Phi) is 5.58. The van der Waals surface area contributed by atoms with Gasteiger partial charge in [-0.05, 0) is 49.2 Å². The summed E-state index contributed by atoms with van der Waals surface area (Å²) in [4.78, 5) is 15.2. The van der Waals surface area contributed by atoms with Gasteiger partial charge in [0.15, 0.2) is 0 Å². The highest BCUT2D eigenvalue weighted by Gasteiger charge is 2.48. The van der Waals surface area contributed by atoms with E-state index in [1.165, 1.54) is 28.0 Å². The van der Waals surface area contributed by atoms with Crippen molar-refractivity contribution in [3.8, 4) is 6.07 Å². The number of carbonyl (C=O) groups excluding carboxylic acids is 1. The van der Waals surface area contributed by atoms with Gasteiger partial charge in [-0.3, -0.25) is 9.80 Å². The quantitative estimate of drug-likeness (QED) is 0.664. The molecule has 0 bridgehead atoms. The molecule has 2 atom stereocenters. The second kappa shape index (κ2) is 8.00. The molecule has 0 aromatic heterocycles. The molecule has 0 spiro atoms. The first-order valence-electron chi connectivity index (χ1n) is 9.99. The molecule has 0 unspecified atom stereocenters. The minimum Gasteiger partial charge on any atom is -0.289 e. The third-order valence-corrected chi connectivity index (χ3v) is 6.92. The van der Waals surface area contributed by atoms with Crippen molar-refractivity contribution in [1.29, 1.82) is 5.26 Å². The lowest BCUT2D eigenvalue weighted by Crippen LogP contribution is -2.40. The van der Waals surface area contributed by atoms with E-state index in [0.717, 1.165) is 37.1 Å². The molecular weight excluding hydrogens is 464 g/mol. The van der Waals surface area contributed by atoms with Crippen LogP contribution in [0, 0.1) is 17.1 Å². The van der Waals surface area contributed by atoms with E-state index in [9.17, 15) is 30.8 Å². The van der Waals surface area contributed by atoms with Crippen LogP contribution in [0.15, 0.2) is 41.3 Å². The van der Waals surface area contributed by atoms with Crippen LogP contribution in [0.2, 0.25) is 0 Å². The molecule has 2 amide bonds. The zero-order valence-electron chi connectivity index (χ0n) is 17.0. The first-order valence-corrected chi connectivity index (χ1v) is 11.5. The molecule has 12 heteroatoms. The van der Waals surface area contributed by atoms with Gasteiger partial charge >= 0.3 is 12.2 Å². The number of sulfonamides is 1. The van der Waals surface area contributed by atoms with Crippen LogP contribution >= 0.6 is 0 Å². The number of amides is 2. The summed E-state index contributed by atoms with van der Waals surface area (Å²) >= 11 is 0. The van der Waals surface area contributed by atoms with Gasteiger partial charge in [0.1, 0.15) is 10.7 Å². The van der Waals surface area contributed by atoms with E-state index < -0.39 is 56.2 Å². The molecule has 1 saturated carbocycles. The minimum absolute atomic E-state index is 0.0210. The Balaban J connectivity index is 1.80. The molecule has 2 fully saturated rings. The first-order chi connectivity index (χ1) is 15.4. The third kappa shape index (κ3) is 4.02. The highest BCUT2D eigenvalue weighted by Crippen LogP contribution is 2.42. The largest absolute Gasteiger partial charge is 0.417 e. The van der Waals surface area contributed by atoms with Crippen molar-refractivity contribution in [2.24, 2.45) is 5.14 Å². The van der Waals surface area contributed by atoms with Gasteiger partial charge < -0.3 is 0 Å². The van der Waals surface area contributed by atoms with E-state index in [1.54, 1.807) is 0 Å². The van der Waals surface area contributed by atoms with Gasteiger partial charge in [-0.15, -0.1) is 0 Å². The number of benzene rings is 2. The van der Waals surface area contributed by atoms with Gasteiger partial charge in [-0.2, -0.15) is 18.4 Å². The summed E-state index contributed by atoms with van der Waals surface area (Å²) in [6.45, 7) is 0. The molecule has 0 radical (unpaired) electrons. The summed E-state index contributed by atoms with van der Waals surface area (Å²) in [6, 6.07) is 6.09. The molecule has 1 aliphatic heterocycles. The average Bonchev–Trinajstić information content (AvgIpc) is 3.03. The van der Waals surface area contributed by atoms with Gasteiger partial charge in [0.2, 0.25) is 10.0 Å². The monoisotopic (exact) mass is 482 g/mol. The number of anilines is 2. The summed E-state index contributed by atoms with van der Waals surface area (Å²) in [5.41, 5.74) is -1.65. The number of fused-ring (bicyclic) bond motifs is 1. The van der Waals surface area contributed by atoms with Crippen molar-refractivity contribution in [1.82, 2.24) is 0 Å². The summed E-state index contributed by atoms with van der Waals surface area (Å²) in [7, 11) is -4.31. The summed E-state index contributed by atoms with van der Waals surface area (Å²) < 4.78 is 78.0. The molecule has 1 aliphatic carbocycles. The normalized spacial score (nSPS) is 21.2. The zero-order chi connectivity index (χ0) is 24.1. The Morgan fingerprint density at radius 1 is 1.00 bits per heavy atom. The van der Waals surface area contributed by atoms with Crippen molar-refractivity contribution in [2.45, 2.75) is 48.8 Å². The number of carbonyl (C=O) groups is 1. The van der Waals surface area contributed by atoms with Crippen LogP contribution in [0.25, 0.3) is 0 Å². The molecule has 2 N–H and O–H groups in total. The second-order valence-corrected chi connectivity index (χ2v) is 9.47. The number of nitrogens with two attached hydrogens (primary N) is 1. The molecule has 33 heavy (non-hydrogen) atoms. The molecule has 7 nitrogen and oxygen atoms in total. The minimum atomic E-state index is -4.79. The van der Waals surface area contributed by atoms with Crippen LogP contribution in [0.1, 0.15) is 36.8 Å². The molecule has 1 saturated heterocycles. The predicted octanol–water partition coefficient (Wildman–Crippen LogP) is 4.12. The van der Waals surface area contributed by atoms with Gasteiger partial charge in [0, 0.05) is 11.4 Å². The maximum absolute atomic E-state index is 14.5. The van der Waals surface area contributed by atoms with Crippen molar-refractivity contribution in [3.05, 3.63) is 53.3 Å². The van der Waals surface area contributed by atoms with E-state index in [1.807, 2.05) is 0 Å². The fraction of sp³-hybridized carbons (Fsp3) is 0.333. The summed E-state index contributed by atoms with van der Waals surface area (Å²) in [6.07, 6.45) is -2.22. The van der Waals surface area contributed by atoms with E-state index in [2.05, 4.69) is 0 Å². The summed E-state index contributed by atoms with van der Waals surface area (Å²) in [5, 5.41) is 14.0. The Morgan fingerprint density at radius 3 is 2.03 bits per heavy atom. The number of hydrogen-bond acceptors (Lipinski definition) is 4. The predicted molar refractivity (Wildman–Crippen MR) is 110 cm³/mol. The topological polar surface area (TPSA) is 108 Å². The van der Waals surface area contributed by atoms with Crippen LogP contribution in [0.5, 0.6) is 0 Å². The van der Waals surface area contributed by atoms with Crippen molar-refractivity contribution in [3.63, 3.8) is 0 Å². The fourth-order valence-corrected chi connectivity index (χ4v) is 5.17. The lowest BCUT2D eigenvalue weighted by molar-refractivity contribution is -0.137. The van der Waals surface area contributed by atoms with Crippen LogP contribution in [-0.2, 0) is 16.2 Å². The number of primary sulfonamides is 1. The highest BCUT2D eigenvalue weighted by molar-refractivity contribution is 7.89. The number of halogens is 4. The smallest absolute Gasteiger partial charge is 0.289 e. The summed E-state index contributed by atoms with van der Waals surface area (Å²) in [5.74, 6) is -1.13. The molecule has 2 aromatic rings. The number of nitrogens with zero attached hydrogens (tertiary/aromatic N) is 3.